The lowest BCUT2D eigenvalue weighted by molar-refractivity contribution is -0.138. The van der Waals surface area contributed by atoms with Gasteiger partial charge in [-0.05, 0) is 43.3 Å². The van der Waals surface area contributed by atoms with Crippen LogP contribution in [0.4, 0.5) is 5.69 Å². The molecule has 6 heteroatoms. The van der Waals surface area contributed by atoms with Gasteiger partial charge in [-0.2, -0.15) is 0 Å². The van der Waals surface area contributed by atoms with E-state index >= 15 is 0 Å². The Bertz CT molecular complexity index is 763. The van der Waals surface area contributed by atoms with Crippen LogP contribution in [0, 0.1) is 6.92 Å². The molecule has 2 rings (SSSR count). The summed E-state index contributed by atoms with van der Waals surface area (Å²) in [6.07, 6.45) is 1.03. The lowest BCUT2D eigenvalue weighted by Crippen LogP contribution is -2.15. The first-order valence-corrected chi connectivity index (χ1v) is 7.51. The maximum absolute atomic E-state index is 11.7. The Morgan fingerprint density at radius 2 is 1.44 bits per heavy atom. The normalized spacial score (nSPS) is 10.8. The number of rotatable bonds is 6. The quantitative estimate of drug-likeness (QED) is 0.641. The number of esters is 2. The molecule has 130 valence electrons. The molecule has 0 unspecified atom stereocenters. The van der Waals surface area contributed by atoms with E-state index in [1.54, 1.807) is 24.3 Å². The van der Waals surface area contributed by atoms with Crippen molar-refractivity contribution in [3.05, 3.63) is 65.9 Å². The van der Waals surface area contributed by atoms with E-state index in [1.807, 2.05) is 31.2 Å². The highest BCUT2D eigenvalue weighted by atomic mass is 16.5. The summed E-state index contributed by atoms with van der Waals surface area (Å²) in [6, 6.07) is 14.6. The van der Waals surface area contributed by atoms with Crippen LogP contribution in [0.1, 0.15) is 5.56 Å². The molecule has 0 saturated heterocycles. The van der Waals surface area contributed by atoms with Gasteiger partial charge in [-0.3, -0.25) is 0 Å². The number of ether oxygens (including phenoxy) is 3. The molecule has 1 N–H and O–H groups in total. The minimum atomic E-state index is -0.676. The van der Waals surface area contributed by atoms with Gasteiger partial charge >= 0.3 is 11.9 Å². The van der Waals surface area contributed by atoms with Gasteiger partial charge in [-0.1, -0.05) is 17.7 Å². The van der Waals surface area contributed by atoms with Gasteiger partial charge in [0.05, 0.1) is 20.3 Å². The van der Waals surface area contributed by atoms with Gasteiger partial charge in [0.15, 0.2) is 0 Å². The third kappa shape index (κ3) is 5.39. The van der Waals surface area contributed by atoms with E-state index in [4.69, 9.17) is 4.74 Å². The highest BCUT2D eigenvalue weighted by Crippen LogP contribution is 2.23. The topological polar surface area (TPSA) is 73.9 Å². The first-order chi connectivity index (χ1) is 12.0. The summed E-state index contributed by atoms with van der Waals surface area (Å²) < 4.78 is 14.9. The number of anilines is 1. The zero-order chi connectivity index (χ0) is 18.2. The van der Waals surface area contributed by atoms with E-state index in [9.17, 15) is 9.59 Å². The fourth-order valence-corrected chi connectivity index (χ4v) is 1.94. The average molecular weight is 341 g/mol. The molecule has 0 saturated carbocycles. The predicted octanol–water partition coefficient (Wildman–Crippen LogP) is 3.43. The van der Waals surface area contributed by atoms with Crippen molar-refractivity contribution in [3.63, 3.8) is 0 Å². The zero-order valence-corrected chi connectivity index (χ0v) is 14.2. The van der Waals surface area contributed by atoms with Crippen LogP contribution in [0.3, 0.4) is 0 Å². The number of benzene rings is 2. The largest absolute Gasteiger partial charge is 0.466 e. The van der Waals surface area contributed by atoms with Crippen LogP contribution in [-0.2, 0) is 19.1 Å². The third-order valence-electron chi connectivity index (χ3n) is 3.26. The number of carbonyl (C=O) groups is 2. The van der Waals surface area contributed by atoms with Crippen LogP contribution in [0.2, 0.25) is 0 Å². The van der Waals surface area contributed by atoms with Crippen LogP contribution < -0.4 is 10.1 Å². The number of nitrogens with one attached hydrogen (secondary N) is 1. The SMILES string of the molecule is COC(=O)/C=C(/Nc1ccc(Oc2ccc(C)cc2)cc1)C(=O)OC. The van der Waals surface area contributed by atoms with Crippen molar-refractivity contribution < 1.29 is 23.8 Å². The molecule has 0 aliphatic heterocycles. The zero-order valence-electron chi connectivity index (χ0n) is 14.2. The van der Waals surface area contributed by atoms with Gasteiger partial charge in [-0.15, -0.1) is 0 Å². The fourth-order valence-electron chi connectivity index (χ4n) is 1.94. The molecule has 0 fully saturated rings. The average Bonchev–Trinajstić information content (AvgIpc) is 2.63. The second-order valence-corrected chi connectivity index (χ2v) is 5.14. The van der Waals surface area contributed by atoms with Crippen LogP contribution in [0.15, 0.2) is 60.3 Å². The van der Waals surface area contributed by atoms with Gasteiger partial charge in [0.2, 0.25) is 0 Å². The summed E-state index contributed by atoms with van der Waals surface area (Å²) in [7, 11) is 2.46. The Morgan fingerprint density at radius 3 is 1.96 bits per heavy atom. The van der Waals surface area contributed by atoms with Crippen molar-refractivity contribution in [1.29, 1.82) is 0 Å². The van der Waals surface area contributed by atoms with Crippen molar-refractivity contribution in [3.8, 4) is 11.5 Å². The van der Waals surface area contributed by atoms with E-state index in [0.717, 1.165) is 17.4 Å². The molecule has 0 aliphatic rings. The van der Waals surface area contributed by atoms with E-state index in [2.05, 4.69) is 14.8 Å². The summed E-state index contributed by atoms with van der Waals surface area (Å²) in [5.74, 6) is 0.0377. The molecule has 6 nitrogen and oxygen atoms in total. The van der Waals surface area contributed by atoms with E-state index in [1.165, 1.54) is 14.2 Å². The van der Waals surface area contributed by atoms with Crippen molar-refractivity contribution in [2.75, 3.05) is 19.5 Å². The summed E-state index contributed by atoms with van der Waals surface area (Å²) >= 11 is 0. The molecule has 0 aliphatic carbocycles. The molecule has 0 atom stereocenters. The molecule has 0 amide bonds. The molecule has 2 aromatic rings. The van der Waals surface area contributed by atoms with E-state index in [0.29, 0.717) is 11.4 Å². The van der Waals surface area contributed by atoms with Crippen LogP contribution in [0.5, 0.6) is 11.5 Å². The molecule has 0 spiro atoms. The van der Waals surface area contributed by atoms with Crippen molar-refractivity contribution in [2.24, 2.45) is 0 Å². The lowest BCUT2D eigenvalue weighted by Gasteiger charge is -2.10. The summed E-state index contributed by atoms with van der Waals surface area (Å²) in [5, 5.41) is 2.82. The third-order valence-corrected chi connectivity index (χ3v) is 3.26. The predicted molar refractivity (Wildman–Crippen MR) is 93.4 cm³/mol. The first-order valence-electron chi connectivity index (χ1n) is 7.51. The highest BCUT2D eigenvalue weighted by Gasteiger charge is 2.12. The van der Waals surface area contributed by atoms with E-state index in [-0.39, 0.29) is 5.70 Å². The smallest absolute Gasteiger partial charge is 0.354 e. The Morgan fingerprint density at radius 1 is 0.880 bits per heavy atom. The molecular weight excluding hydrogens is 322 g/mol. The van der Waals surface area contributed by atoms with Crippen molar-refractivity contribution in [2.45, 2.75) is 6.92 Å². The number of aryl methyl sites for hydroxylation is 1. The van der Waals surface area contributed by atoms with Crippen molar-refractivity contribution in [1.82, 2.24) is 0 Å². The number of hydrogen-bond acceptors (Lipinski definition) is 6. The second kappa shape index (κ2) is 8.54. The summed E-state index contributed by atoms with van der Waals surface area (Å²) in [4.78, 5) is 23.1. The monoisotopic (exact) mass is 341 g/mol. The summed E-state index contributed by atoms with van der Waals surface area (Å²) in [5.41, 5.74) is 1.72. The van der Waals surface area contributed by atoms with Crippen LogP contribution >= 0.6 is 0 Å². The van der Waals surface area contributed by atoms with Crippen molar-refractivity contribution >= 4 is 17.6 Å². The maximum Gasteiger partial charge on any atom is 0.354 e. The van der Waals surface area contributed by atoms with Crippen LogP contribution in [0.25, 0.3) is 0 Å². The minimum Gasteiger partial charge on any atom is -0.466 e. The minimum absolute atomic E-state index is 0.0263. The molecule has 0 radical (unpaired) electrons. The molecule has 2 aromatic carbocycles. The van der Waals surface area contributed by atoms with Gasteiger partial charge < -0.3 is 19.5 Å². The Labute approximate surface area is 146 Å². The molecule has 0 bridgehead atoms. The summed E-state index contributed by atoms with van der Waals surface area (Å²) in [6.45, 7) is 2.00. The highest BCUT2D eigenvalue weighted by molar-refractivity contribution is 5.98. The molecule has 25 heavy (non-hydrogen) atoms. The Balaban J connectivity index is 2.09. The van der Waals surface area contributed by atoms with Gasteiger partial charge in [-0.25, -0.2) is 9.59 Å². The number of carbonyl (C=O) groups excluding carboxylic acids is 2. The first kappa shape index (κ1) is 18.1. The maximum atomic E-state index is 11.7. The fraction of sp³-hybridized carbons (Fsp3) is 0.158. The van der Waals surface area contributed by atoms with Gasteiger partial charge in [0.25, 0.3) is 0 Å². The standard InChI is InChI=1S/C19H19NO5/c1-13-4-8-15(9-5-13)25-16-10-6-14(7-11-16)20-17(19(22)24-3)12-18(21)23-2/h4-12,20H,1-3H3/b17-12+. The second-order valence-electron chi connectivity index (χ2n) is 5.14. The van der Waals surface area contributed by atoms with Gasteiger partial charge in [0.1, 0.15) is 17.2 Å². The number of methoxy groups -OCH3 is 2. The molecule has 0 heterocycles. The van der Waals surface area contributed by atoms with Crippen LogP contribution in [-0.4, -0.2) is 26.2 Å². The molecule has 0 aromatic heterocycles. The Hall–Kier alpha value is -3.28. The Kier molecular flexibility index (Phi) is 6.17. The number of hydrogen-bond donors (Lipinski definition) is 1. The van der Waals surface area contributed by atoms with Gasteiger partial charge in [0, 0.05) is 5.69 Å². The molecular formula is C19H19NO5. The van der Waals surface area contributed by atoms with E-state index < -0.39 is 11.9 Å². The lowest BCUT2D eigenvalue weighted by atomic mass is 10.2.